The van der Waals surface area contributed by atoms with E-state index in [4.69, 9.17) is 0 Å². The molecule has 0 saturated carbocycles. The summed E-state index contributed by atoms with van der Waals surface area (Å²) >= 11 is 0. The molecule has 0 bridgehead atoms. The molecule has 0 radical (unpaired) electrons. The molecule has 0 aromatic rings. The monoisotopic (exact) mass is 154 g/mol. The van der Waals surface area contributed by atoms with Crippen molar-refractivity contribution in [2.45, 2.75) is 19.8 Å². The Labute approximate surface area is 66.5 Å². The number of carbonyl (C=O) groups excluding carboxylic acids is 1. The molecule has 0 heterocycles. The highest BCUT2D eigenvalue weighted by molar-refractivity contribution is 5.81. The van der Waals surface area contributed by atoms with Crippen LogP contribution in [0.25, 0.3) is 4.85 Å². The quantitative estimate of drug-likeness (QED) is 0.268. The van der Waals surface area contributed by atoms with Gasteiger partial charge in [0.15, 0.2) is 0 Å². The van der Waals surface area contributed by atoms with Gasteiger partial charge in [-0.05, 0) is 11.3 Å². The molecule has 0 aromatic heterocycles. The van der Waals surface area contributed by atoms with Crippen LogP contribution in [0.1, 0.15) is 19.8 Å². The van der Waals surface area contributed by atoms with E-state index in [1.807, 2.05) is 0 Å². The zero-order valence-corrected chi connectivity index (χ0v) is 6.67. The fourth-order valence-corrected chi connectivity index (χ4v) is 0.402. The van der Waals surface area contributed by atoms with Crippen molar-refractivity contribution in [2.24, 2.45) is 0 Å². The first kappa shape index (κ1) is 9.70. The zero-order chi connectivity index (χ0) is 8.53. The third kappa shape index (κ3) is 6.59. The average Bonchev–Trinajstić information content (AvgIpc) is 2.04. The summed E-state index contributed by atoms with van der Waals surface area (Å²) < 4.78 is 4.36. The van der Waals surface area contributed by atoms with E-state index < -0.39 is 5.97 Å². The second kappa shape index (κ2) is 6.81. The number of unbranched alkanes of at least 4 members (excludes halogenated alkanes) is 1. The number of hydrogen-bond donors (Lipinski definition) is 0. The molecule has 0 atom stereocenters. The van der Waals surface area contributed by atoms with Gasteiger partial charge in [-0.1, -0.05) is 13.5 Å². The molecule has 11 heavy (non-hydrogen) atoms. The molecule has 0 N–H and O–H groups in total. The Bertz CT molecular complexity index is 188. The molecule has 0 unspecified atom stereocenters. The number of carbonyl (C=O) groups is 1. The van der Waals surface area contributed by atoms with Crippen molar-refractivity contribution in [1.29, 1.82) is 0 Å². The van der Waals surface area contributed by atoms with Crippen LogP contribution in [0.5, 0.6) is 0 Å². The Morgan fingerprint density at radius 1 is 1.82 bits per heavy atom. The topological polar surface area (TPSA) is 30.7 Å². The average molecular weight is 154 g/mol. The zero-order valence-electron chi connectivity index (χ0n) is 6.67. The van der Waals surface area contributed by atoms with Gasteiger partial charge in [-0.2, -0.15) is 0 Å². The molecule has 0 aliphatic heterocycles. The van der Waals surface area contributed by atoms with E-state index in [-0.39, 0.29) is 0 Å². The van der Waals surface area contributed by atoms with Crippen LogP contribution in [0.2, 0.25) is 0 Å². The van der Waals surface area contributed by atoms with E-state index in [0.717, 1.165) is 18.9 Å². The summed E-state index contributed by atoms with van der Waals surface area (Å²) in [7, 11) is 0. The van der Waals surface area contributed by atoms with Crippen molar-refractivity contribution in [3.63, 3.8) is 0 Å². The van der Waals surface area contributed by atoms with Gasteiger partial charge in [-0.15, -0.1) is 0 Å². The van der Waals surface area contributed by atoms with Gasteiger partial charge in [-0.3, -0.25) is 0 Å². The van der Waals surface area contributed by atoms with Crippen LogP contribution in [0.3, 0.4) is 0 Å². The highest BCUT2D eigenvalue weighted by atomic mass is 16.5. The summed E-state index contributed by atoms with van der Waals surface area (Å²) in [6.07, 6.45) is 5.30. The standard InChI is InChI=1S/C8H12NO2/c1-3-5-6-9-7-11-8(10)4-2/h4H,2-3,5-6H2,1H3/q+1. The summed E-state index contributed by atoms with van der Waals surface area (Å²) in [5.41, 5.74) is 0. The SMILES string of the molecule is C=CC(=O)OC#[N+]CCCC. The van der Waals surface area contributed by atoms with E-state index in [0.29, 0.717) is 6.54 Å². The van der Waals surface area contributed by atoms with Crippen molar-refractivity contribution >= 4 is 5.97 Å². The third-order valence-corrected chi connectivity index (χ3v) is 1.00. The first-order chi connectivity index (χ1) is 5.31. The highest BCUT2D eigenvalue weighted by Crippen LogP contribution is 1.86. The molecule has 0 spiro atoms. The van der Waals surface area contributed by atoms with Crippen molar-refractivity contribution in [2.75, 3.05) is 6.54 Å². The van der Waals surface area contributed by atoms with Gasteiger partial charge in [0, 0.05) is 12.5 Å². The van der Waals surface area contributed by atoms with Crippen LogP contribution in [-0.2, 0) is 9.53 Å². The molecule has 0 aliphatic rings. The smallest absolute Gasteiger partial charge is 0.312 e. The van der Waals surface area contributed by atoms with Crippen LogP contribution >= 0.6 is 0 Å². The van der Waals surface area contributed by atoms with Crippen molar-refractivity contribution in [3.05, 3.63) is 17.5 Å². The highest BCUT2D eigenvalue weighted by Gasteiger charge is 1.95. The van der Waals surface area contributed by atoms with Crippen LogP contribution in [0.4, 0.5) is 0 Å². The van der Waals surface area contributed by atoms with Gasteiger partial charge in [0.05, 0.1) is 0 Å². The van der Waals surface area contributed by atoms with Crippen molar-refractivity contribution in [1.82, 2.24) is 0 Å². The number of hydrogen-bond acceptors (Lipinski definition) is 2. The summed E-state index contributed by atoms with van der Waals surface area (Å²) in [5.74, 6) is -0.523. The molecule has 0 fully saturated rings. The lowest BCUT2D eigenvalue weighted by Crippen LogP contribution is -1.91. The van der Waals surface area contributed by atoms with Crippen LogP contribution in [-0.4, -0.2) is 12.5 Å². The van der Waals surface area contributed by atoms with E-state index in [9.17, 15) is 4.79 Å². The van der Waals surface area contributed by atoms with Gasteiger partial charge < -0.3 is 4.74 Å². The summed E-state index contributed by atoms with van der Waals surface area (Å²) in [4.78, 5) is 14.1. The molecule has 0 rings (SSSR count). The molecule has 0 amide bonds. The minimum Gasteiger partial charge on any atom is -0.312 e. The molecule has 3 heteroatoms. The van der Waals surface area contributed by atoms with Gasteiger partial charge in [-0.25, -0.2) is 4.79 Å². The van der Waals surface area contributed by atoms with Crippen LogP contribution in [0, 0.1) is 6.26 Å². The maximum Gasteiger partial charge on any atom is 0.522 e. The summed E-state index contributed by atoms with van der Waals surface area (Å²) in [5, 5.41) is 0. The summed E-state index contributed by atoms with van der Waals surface area (Å²) in [6, 6.07) is 0. The predicted octanol–water partition coefficient (Wildman–Crippen LogP) is 1.81. The van der Waals surface area contributed by atoms with Gasteiger partial charge in [0.25, 0.3) is 6.54 Å². The maximum absolute atomic E-state index is 10.4. The largest absolute Gasteiger partial charge is 0.522 e. The number of rotatable bonds is 3. The lowest BCUT2D eigenvalue weighted by molar-refractivity contribution is -0.131. The minimum atomic E-state index is -0.523. The molecule has 60 valence electrons. The van der Waals surface area contributed by atoms with Crippen molar-refractivity contribution in [3.8, 4) is 6.26 Å². The summed E-state index contributed by atoms with van der Waals surface area (Å²) in [6.45, 7) is 5.93. The predicted molar refractivity (Wildman–Crippen MR) is 43.3 cm³/mol. The Balaban J connectivity index is 3.39. The van der Waals surface area contributed by atoms with E-state index >= 15 is 0 Å². The van der Waals surface area contributed by atoms with Gasteiger partial charge in [0.2, 0.25) is 0 Å². The molecular formula is C8H12NO2+. The number of ether oxygens (including phenoxy) is 1. The maximum atomic E-state index is 10.4. The Morgan fingerprint density at radius 3 is 3.09 bits per heavy atom. The molecule has 0 aromatic carbocycles. The van der Waals surface area contributed by atoms with E-state index in [1.54, 1.807) is 0 Å². The van der Waals surface area contributed by atoms with Gasteiger partial charge in [0.1, 0.15) is 0 Å². The van der Waals surface area contributed by atoms with Crippen LogP contribution in [0.15, 0.2) is 12.7 Å². The minimum absolute atomic E-state index is 0.523. The van der Waals surface area contributed by atoms with E-state index in [2.05, 4.69) is 29.3 Å². The fraction of sp³-hybridized carbons (Fsp3) is 0.500. The molecule has 3 nitrogen and oxygen atoms in total. The van der Waals surface area contributed by atoms with Gasteiger partial charge >= 0.3 is 12.2 Å². The van der Waals surface area contributed by atoms with Crippen molar-refractivity contribution < 1.29 is 9.53 Å². The second-order valence-electron chi connectivity index (χ2n) is 1.95. The normalized spacial score (nSPS) is 7.73. The van der Waals surface area contributed by atoms with E-state index in [1.165, 1.54) is 0 Å². The third-order valence-electron chi connectivity index (χ3n) is 1.00. The molecule has 0 aliphatic carbocycles. The Morgan fingerprint density at radius 2 is 2.55 bits per heavy atom. The first-order valence-corrected chi connectivity index (χ1v) is 3.56. The number of esters is 1. The fourth-order valence-electron chi connectivity index (χ4n) is 0.402. The first-order valence-electron chi connectivity index (χ1n) is 3.56. The Kier molecular flexibility index (Phi) is 6.01. The molecule has 0 saturated heterocycles. The second-order valence-corrected chi connectivity index (χ2v) is 1.95. The number of nitrogens with zero attached hydrogens (tertiary/aromatic N) is 1. The van der Waals surface area contributed by atoms with Crippen LogP contribution < -0.4 is 0 Å². The molecular weight excluding hydrogens is 142 g/mol. The Hall–Kier alpha value is -1.30. The lowest BCUT2D eigenvalue weighted by Gasteiger charge is -1.77. The lowest BCUT2D eigenvalue weighted by atomic mass is 10.3.